The van der Waals surface area contributed by atoms with Crippen LogP contribution in [0.3, 0.4) is 0 Å². The van der Waals surface area contributed by atoms with Gasteiger partial charge in [-0.2, -0.15) is 0 Å². The molecule has 0 saturated heterocycles. The molecule has 1 amide bonds. The molecule has 32 heavy (non-hydrogen) atoms. The second kappa shape index (κ2) is 9.28. The zero-order valence-electron chi connectivity index (χ0n) is 17.5. The molecule has 162 valence electrons. The average molecular weight is 493 g/mol. The minimum Gasteiger partial charge on any atom is -0.497 e. The van der Waals surface area contributed by atoms with Gasteiger partial charge in [-0.3, -0.25) is 15.0 Å². The summed E-state index contributed by atoms with van der Waals surface area (Å²) in [6, 6.07) is 21.7. The van der Waals surface area contributed by atoms with Crippen molar-refractivity contribution in [2.45, 2.75) is 13.0 Å². The predicted octanol–water partition coefficient (Wildman–Crippen LogP) is 5.13. The van der Waals surface area contributed by atoms with Crippen molar-refractivity contribution < 1.29 is 19.1 Å². The molecule has 0 fully saturated rings. The molecule has 0 unspecified atom stereocenters. The molecule has 1 heterocycles. The standard InChI is InChI=1S/C25H21BrN2O4/c1-16(29)32-24-14-20(31-2)12-13-21(24)22-15-23(17-8-10-19(26)11-9-17)28(27-22)25(30)18-6-4-3-5-7-18/h3-15,23,27H,1-2H3/t23-/m1/s1. The molecular formula is C25H21BrN2O4. The van der Waals surface area contributed by atoms with Crippen LogP contribution in [0.2, 0.25) is 0 Å². The van der Waals surface area contributed by atoms with Gasteiger partial charge in [0.25, 0.3) is 5.91 Å². The van der Waals surface area contributed by atoms with E-state index in [1.165, 1.54) is 6.92 Å². The summed E-state index contributed by atoms with van der Waals surface area (Å²) >= 11 is 3.46. The Labute approximate surface area is 194 Å². The first kappa shape index (κ1) is 21.6. The molecule has 3 aromatic carbocycles. The number of hydrazine groups is 1. The third-order valence-electron chi connectivity index (χ3n) is 5.03. The van der Waals surface area contributed by atoms with Crippen LogP contribution in [0.4, 0.5) is 0 Å². The Kier molecular flexibility index (Phi) is 6.28. The van der Waals surface area contributed by atoms with E-state index in [9.17, 15) is 9.59 Å². The Bertz CT molecular complexity index is 1180. The fourth-order valence-corrected chi connectivity index (χ4v) is 3.78. The molecule has 0 aliphatic carbocycles. The molecule has 0 radical (unpaired) electrons. The molecule has 1 aliphatic rings. The number of hydrogen-bond donors (Lipinski definition) is 1. The number of amides is 1. The normalized spacial score (nSPS) is 15.0. The Hall–Kier alpha value is -3.58. The lowest BCUT2D eigenvalue weighted by Gasteiger charge is -2.26. The molecule has 7 heteroatoms. The molecule has 1 atom stereocenters. The van der Waals surface area contributed by atoms with Crippen LogP contribution in [0.1, 0.15) is 34.5 Å². The topological polar surface area (TPSA) is 67.9 Å². The largest absolute Gasteiger partial charge is 0.497 e. The highest BCUT2D eigenvalue weighted by atomic mass is 79.9. The SMILES string of the molecule is COc1ccc(C2=C[C@H](c3ccc(Br)cc3)N(C(=O)c3ccccc3)N2)c(OC(C)=O)c1. The van der Waals surface area contributed by atoms with Crippen molar-refractivity contribution in [1.29, 1.82) is 0 Å². The number of methoxy groups -OCH3 is 1. The summed E-state index contributed by atoms with van der Waals surface area (Å²) in [7, 11) is 1.55. The summed E-state index contributed by atoms with van der Waals surface area (Å²) in [5.74, 6) is 0.288. The molecule has 4 rings (SSSR count). The molecule has 0 bridgehead atoms. The van der Waals surface area contributed by atoms with Gasteiger partial charge in [-0.15, -0.1) is 0 Å². The van der Waals surface area contributed by atoms with Crippen LogP contribution in [-0.4, -0.2) is 24.0 Å². The van der Waals surface area contributed by atoms with Gasteiger partial charge in [0.1, 0.15) is 11.5 Å². The van der Waals surface area contributed by atoms with E-state index in [0.29, 0.717) is 28.3 Å². The van der Waals surface area contributed by atoms with E-state index < -0.39 is 5.97 Å². The summed E-state index contributed by atoms with van der Waals surface area (Å²) in [4.78, 5) is 25.0. The van der Waals surface area contributed by atoms with E-state index in [-0.39, 0.29) is 11.9 Å². The smallest absolute Gasteiger partial charge is 0.308 e. The first-order valence-electron chi connectivity index (χ1n) is 9.95. The van der Waals surface area contributed by atoms with E-state index in [2.05, 4.69) is 21.4 Å². The summed E-state index contributed by atoms with van der Waals surface area (Å²) in [6.45, 7) is 1.34. The highest BCUT2D eigenvalue weighted by Gasteiger charge is 2.32. The predicted molar refractivity (Wildman–Crippen MR) is 125 cm³/mol. The lowest BCUT2D eigenvalue weighted by molar-refractivity contribution is -0.131. The zero-order chi connectivity index (χ0) is 22.7. The van der Waals surface area contributed by atoms with Gasteiger partial charge in [0, 0.05) is 28.6 Å². The van der Waals surface area contributed by atoms with Crippen molar-refractivity contribution in [3.8, 4) is 11.5 Å². The number of ether oxygens (including phenoxy) is 2. The minimum absolute atomic E-state index is 0.174. The van der Waals surface area contributed by atoms with Crippen molar-refractivity contribution in [3.05, 3.63) is 100 Å². The Morgan fingerprint density at radius 3 is 2.38 bits per heavy atom. The number of esters is 1. The fourth-order valence-electron chi connectivity index (χ4n) is 3.51. The van der Waals surface area contributed by atoms with Gasteiger partial charge in [0.15, 0.2) is 0 Å². The van der Waals surface area contributed by atoms with E-state index in [4.69, 9.17) is 9.47 Å². The molecule has 1 aliphatic heterocycles. The maximum absolute atomic E-state index is 13.4. The van der Waals surface area contributed by atoms with Crippen LogP contribution in [0.15, 0.2) is 83.3 Å². The molecule has 6 nitrogen and oxygen atoms in total. The van der Waals surface area contributed by atoms with Gasteiger partial charge in [-0.25, -0.2) is 5.01 Å². The van der Waals surface area contributed by atoms with Gasteiger partial charge >= 0.3 is 5.97 Å². The van der Waals surface area contributed by atoms with Crippen LogP contribution in [-0.2, 0) is 4.79 Å². The van der Waals surface area contributed by atoms with Gasteiger partial charge in [0.05, 0.1) is 18.8 Å². The van der Waals surface area contributed by atoms with E-state index in [1.807, 2.05) is 48.5 Å². The Balaban J connectivity index is 1.77. The van der Waals surface area contributed by atoms with E-state index in [1.54, 1.807) is 42.5 Å². The van der Waals surface area contributed by atoms with Gasteiger partial charge in [-0.05, 0) is 48.0 Å². The maximum atomic E-state index is 13.4. The van der Waals surface area contributed by atoms with Crippen molar-refractivity contribution in [3.63, 3.8) is 0 Å². The number of benzene rings is 3. The Morgan fingerprint density at radius 2 is 1.72 bits per heavy atom. The van der Waals surface area contributed by atoms with Crippen LogP contribution in [0, 0.1) is 0 Å². The Morgan fingerprint density at radius 1 is 1.00 bits per heavy atom. The molecule has 3 aromatic rings. The van der Waals surface area contributed by atoms with Gasteiger partial charge in [-0.1, -0.05) is 46.3 Å². The lowest BCUT2D eigenvalue weighted by atomic mass is 10.0. The summed E-state index contributed by atoms with van der Waals surface area (Å²) in [5.41, 5.74) is 6.01. The van der Waals surface area contributed by atoms with Crippen LogP contribution >= 0.6 is 15.9 Å². The summed E-state index contributed by atoms with van der Waals surface area (Å²) in [6.07, 6.45) is 1.94. The summed E-state index contributed by atoms with van der Waals surface area (Å²) in [5, 5.41) is 1.58. The highest BCUT2D eigenvalue weighted by molar-refractivity contribution is 9.10. The third kappa shape index (κ3) is 4.53. The second-order valence-corrected chi connectivity index (χ2v) is 8.10. The molecular weight excluding hydrogens is 472 g/mol. The van der Waals surface area contributed by atoms with Crippen molar-refractivity contribution in [1.82, 2.24) is 10.4 Å². The van der Waals surface area contributed by atoms with Crippen LogP contribution < -0.4 is 14.9 Å². The van der Waals surface area contributed by atoms with Crippen LogP contribution in [0.25, 0.3) is 5.70 Å². The molecule has 1 N–H and O–H groups in total. The van der Waals surface area contributed by atoms with Crippen molar-refractivity contribution in [2.75, 3.05) is 7.11 Å². The molecule has 0 saturated carbocycles. The number of halogens is 1. The number of carbonyl (C=O) groups excluding carboxylic acids is 2. The highest BCUT2D eigenvalue weighted by Crippen LogP contribution is 2.37. The summed E-state index contributed by atoms with van der Waals surface area (Å²) < 4.78 is 11.6. The molecule has 0 spiro atoms. The maximum Gasteiger partial charge on any atom is 0.308 e. The van der Waals surface area contributed by atoms with Gasteiger partial charge in [0.2, 0.25) is 0 Å². The average Bonchev–Trinajstić information content (AvgIpc) is 3.24. The number of rotatable bonds is 5. The van der Waals surface area contributed by atoms with Crippen LogP contribution in [0.5, 0.6) is 11.5 Å². The number of nitrogens with one attached hydrogen (secondary N) is 1. The minimum atomic E-state index is -0.445. The zero-order valence-corrected chi connectivity index (χ0v) is 19.1. The van der Waals surface area contributed by atoms with Gasteiger partial charge < -0.3 is 9.47 Å². The number of hydrogen-bond acceptors (Lipinski definition) is 5. The lowest BCUT2D eigenvalue weighted by Crippen LogP contribution is -2.39. The third-order valence-corrected chi connectivity index (χ3v) is 5.56. The fraction of sp³-hybridized carbons (Fsp3) is 0.120. The first-order chi connectivity index (χ1) is 15.5. The van der Waals surface area contributed by atoms with Crippen molar-refractivity contribution in [2.24, 2.45) is 0 Å². The number of carbonyl (C=O) groups is 2. The van der Waals surface area contributed by atoms with Crippen molar-refractivity contribution >= 4 is 33.5 Å². The quantitative estimate of drug-likeness (QED) is 0.395. The second-order valence-electron chi connectivity index (χ2n) is 7.19. The molecule has 0 aromatic heterocycles. The first-order valence-corrected chi connectivity index (χ1v) is 10.7. The number of nitrogens with zero attached hydrogens (tertiary/aromatic N) is 1. The monoisotopic (exact) mass is 492 g/mol. The van der Waals surface area contributed by atoms with E-state index in [0.717, 1.165) is 10.0 Å². The van der Waals surface area contributed by atoms with E-state index >= 15 is 0 Å².